The maximum atomic E-state index is 12.0. The molecule has 1 aliphatic heterocycles. The van der Waals surface area contributed by atoms with Crippen LogP contribution in [0.3, 0.4) is 0 Å². The highest BCUT2D eigenvalue weighted by Gasteiger charge is 2.33. The fourth-order valence-corrected chi connectivity index (χ4v) is 2.73. The highest BCUT2D eigenvalue weighted by Crippen LogP contribution is 2.18. The van der Waals surface area contributed by atoms with Gasteiger partial charge in [-0.15, -0.1) is 0 Å². The van der Waals surface area contributed by atoms with Crippen LogP contribution in [0.1, 0.15) is 32.3 Å². The van der Waals surface area contributed by atoms with Crippen LogP contribution in [0.5, 0.6) is 0 Å². The monoisotopic (exact) mass is 302 g/mol. The van der Waals surface area contributed by atoms with Gasteiger partial charge < -0.3 is 10.2 Å². The Morgan fingerprint density at radius 1 is 1.32 bits per heavy atom. The number of nitrogens with one attached hydrogen (secondary N) is 1. The van der Waals surface area contributed by atoms with E-state index in [1.807, 2.05) is 23.1 Å². The second-order valence-electron chi connectivity index (χ2n) is 6.47. The van der Waals surface area contributed by atoms with Crippen LogP contribution in [0.15, 0.2) is 30.3 Å². The highest BCUT2D eigenvalue weighted by molar-refractivity contribution is 5.89. The number of aryl methyl sites for hydroxylation is 1. The zero-order valence-electron chi connectivity index (χ0n) is 13.5. The standard InChI is InChI=1S/C18H26N2O2/c1-14(2)12-19-18(22)16-11-17(21)20(13-16)10-6-9-15-7-4-3-5-8-15/h3-5,7-8,14,16H,6,9-13H2,1-2H3,(H,19,22). The molecule has 1 fully saturated rings. The Kier molecular flexibility index (Phi) is 5.99. The molecule has 1 unspecified atom stereocenters. The first-order valence-corrected chi connectivity index (χ1v) is 8.15. The molecular formula is C18H26N2O2. The summed E-state index contributed by atoms with van der Waals surface area (Å²) in [5.41, 5.74) is 1.29. The van der Waals surface area contributed by atoms with Gasteiger partial charge in [-0.1, -0.05) is 44.2 Å². The van der Waals surface area contributed by atoms with Gasteiger partial charge in [0.2, 0.25) is 11.8 Å². The third kappa shape index (κ3) is 4.86. The fourth-order valence-electron chi connectivity index (χ4n) is 2.73. The summed E-state index contributed by atoms with van der Waals surface area (Å²) in [7, 11) is 0. The molecule has 0 saturated carbocycles. The smallest absolute Gasteiger partial charge is 0.225 e. The number of nitrogens with zero attached hydrogens (tertiary/aromatic N) is 1. The molecule has 0 spiro atoms. The molecule has 2 rings (SSSR count). The van der Waals surface area contributed by atoms with E-state index < -0.39 is 0 Å². The average Bonchev–Trinajstić information content (AvgIpc) is 2.87. The molecule has 1 saturated heterocycles. The molecule has 120 valence electrons. The summed E-state index contributed by atoms with van der Waals surface area (Å²) in [6.45, 7) is 6.11. The number of rotatable bonds is 7. The summed E-state index contributed by atoms with van der Waals surface area (Å²) in [5, 5.41) is 2.93. The van der Waals surface area contributed by atoms with Crippen molar-refractivity contribution in [3.63, 3.8) is 0 Å². The summed E-state index contributed by atoms with van der Waals surface area (Å²) in [4.78, 5) is 25.9. The molecule has 1 N–H and O–H groups in total. The number of benzene rings is 1. The van der Waals surface area contributed by atoms with Gasteiger partial charge >= 0.3 is 0 Å². The highest BCUT2D eigenvalue weighted by atomic mass is 16.2. The molecule has 4 nitrogen and oxygen atoms in total. The lowest BCUT2D eigenvalue weighted by Crippen LogP contribution is -2.35. The van der Waals surface area contributed by atoms with Crippen LogP contribution in [0.2, 0.25) is 0 Å². The number of hydrogen-bond donors (Lipinski definition) is 1. The summed E-state index contributed by atoms with van der Waals surface area (Å²) in [6.07, 6.45) is 2.26. The van der Waals surface area contributed by atoms with Crippen LogP contribution < -0.4 is 5.32 Å². The van der Waals surface area contributed by atoms with Gasteiger partial charge in [-0.2, -0.15) is 0 Å². The maximum Gasteiger partial charge on any atom is 0.225 e. The lowest BCUT2D eigenvalue weighted by atomic mass is 10.1. The van der Waals surface area contributed by atoms with Crippen molar-refractivity contribution < 1.29 is 9.59 Å². The van der Waals surface area contributed by atoms with Gasteiger partial charge in [-0.3, -0.25) is 9.59 Å². The van der Waals surface area contributed by atoms with E-state index in [1.54, 1.807) is 0 Å². The third-order valence-corrected chi connectivity index (χ3v) is 4.01. The largest absolute Gasteiger partial charge is 0.356 e. The predicted molar refractivity (Wildman–Crippen MR) is 87.3 cm³/mol. The number of hydrogen-bond acceptors (Lipinski definition) is 2. The summed E-state index contributed by atoms with van der Waals surface area (Å²) in [5.74, 6) is 0.386. The molecule has 22 heavy (non-hydrogen) atoms. The van der Waals surface area contributed by atoms with Gasteiger partial charge in [0, 0.05) is 26.1 Å². The van der Waals surface area contributed by atoms with E-state index in [-0.39, 0.29) is 17.7 Å². The second-order valence-corrected chi connectivity index (χ2v) is 6.47. The van der Waals surface area contributed by atoms with Crippen molar-refractivity contribution in [3.05, 3.63) is 35.9 Å². The van der Waals surface area contributed by atoms with Crippen molar-refractivity contribution >= 4 is 11.8 Å². The molecule has 0 bridgehead atoms. The van der Waals surface area contributed by atoms with Crippen molar-refractivity contribution in [2.24, 2.45) is 11.8 Å². The lowest BCUT2D eigenvalue weighted by Gasteiger charge is -2.17. The van der Waals surface area contributed by atoms with Crippen LogP contribution in [0, 0.1) is 11.8 Å². The number of carbonyl (C=O) groups is 2. The Hall–Kier alpha value is -1.84. The average molecular weight is 302 g/mol. The van der Waals surface area contributed by atoms with Crippen molar-refractivity contribution in [1.82, 2.24) is 10.2 Å². The molecule has 1 aromatic carbocycles. The first kappa shape index (κ1) is 16.5. The number of likely N-dealkylation sites (tertiary alicyclic amines) is 1. The van der Waals surface area contributed by atoms with E-state index in [0.29, 0.717) is 25.4 Å². The summed E-state index contributed by atoms with van der Waals surface area (Å²) in [6, 6.07) is 10.3. The Balaban J connectivity index is 1.74. The maximum absolute atomic E-state index is 12.0. The molecule has 1 aliphatic rings. The molecule has 0 aliphatic carbocycles. The Labute approximate surface area is 132 Å². The van der Waals surface area contributed by atoms with E-state index in [1.165, 1.54) is 5.56 Å². The van der Waals surface area contributed by atoms with Crippen molar-refractivity contribution in [2.45, 2.75) is 33.1 Å². The van der Waals surface area contributed by atoms with Crippen molar-refractivity contribution in [2.75, 3.05) is 19.6 Å². The van der Waals surface area contributed by atoms with Gasteiger partial charge in [0.1, 0.15) is 0 Å². The molecule has 4 heteroatoms. The van der Waals surface area contributed by atoms with Gasteiger partial charge in [-0.25, -0.2) is 0 Å². The van der Waals surface area contributed by atoms with Gasteiger partial charge in [0.05, 0.1) is 5.92 Å². The minimum atomic E-state index is -0.178. The van der Waals surface area contributed by atoms with E-state index in [4.69, 9.17) is 0 Å². The van der Waals surface area contributed by atoms with E-state index >= 15 is 0 Å². The summed E-state index contributed by atoms with van der Waals surface area (Å²) >= 11 is 0. The van der Waals surface area contributed by atoms with Crippen LogP contribution >= 0.6 is 0 Å². The zero-order valence-corrected chi connectivity index (χ0v) is 13.5. The summed E-state index contributed by atoms with van der Waals surface area (Å²) < 4.78 is 0. The van der Waals surface area contributed by atoms with Crippen LogP contribution in [0.25, 0.3) is 0 Å². The SMILES string of the molecule is CC(C)CNC(=O)C1CC(=O)N(CCCc2ccccc2)C1. The Bertz CT molecular complexity index is 499. The molecule has 0 radical (unpaired) electrons. The van der Waals surface area contributed by atoms with Crippen LogP contribution in [0.4, 0.5) is 0 Å². The molecule has 1 aromatic rings. The van der Waals surface area contributed by atoms with Crippen molar-refractivity contribution in [1.29, 1.82) is 0 Å². The number of amides is 2. The molecule has 1 heterocycles. The molecule has 2 amide bonds. The molecule has 0 aromatic heterocycles. The van der Waals surface area contributed by atoms with Crippen LogP contribution in [-0.2, 0) is 16.0 Å². The van der Waals surface area contributed by atoms with Crippen LogP contribution in [-0.4, -0.2) is 36.3 Å². The second kappa shape index (κ2) is 7.97. The molecule has 1 atom stereocenters. The van der Waals surface area contributed by atoms with E-state index in [2.05, 4.69) is 31.3 Å². The van der Waals surface area contributed by atoms with Gasteiger partial charge in [0.15, 0.2) is 0 Å². The zero-order chi connectivity index (χ0) is 15.9. The fraction of sp³-hybridized carbons (Fsp3) is 0.556. The minimum absolute atomic E-state index is 0.0209. The first-order valence-electron chi connectivity index (χ1n) is 8.15. The quantitative estimate of drug-likeness (QED) is 0.840. The normalized spacial score (nSPS) is 18.0. The van der Waals surface area contributed by atoms with Crippen molar-refractivity contribution in [3.8, 4) is 0 Å². The minimum Gasteiger partial charge on any atom is -0.356 e. The van der Waals surface area contributed by atoms with E-state index in [0.717, 1.165) is 19.4 Å². The third-order valence-electron chi connectivity index (χ3n) is 4.01. The van der Waals surface area contributed by atoms with Gasteiger partial charge in [0.25, 0.3) is 0 Å². The lowest BCUT2D eigenvalue weighted by molar-refractivity contribution is -0.129. The number of carbonyl (C=O) groups excluding carboxylic acids is 2. The van der Waals surface area contributed by atoms with Gasteiger partial charge in [-0.05, 0) is 24.3 Å². The first-order chi connectivity index (χ1) is 10.6. The molecular weight excluding hydrogens is 276 g/mol. The topological polar surface area (TPSA) is 49.4 Å². The Morgan fingerprint density at radius 3 is 2.73 bits per heavy atom. The predicted octanol–water partition coefficient (Wildman–Crippen LogP) is 2.24. The Morgan fingerprint density at radius 2 is 2.05 bits per heavy atom. The van der Waals surface area contributed by atoms with E-state index in [9.17, 15) is 9.59 Å².